The molecule has 1 aromatic carbocycles. The molecule has 3 heterocycles. The molecule has 0 bridgehead atoms. The standard InChI is InChI=1S/C22H23N3OS2/c1-13(2)24-15-7-8-17-19(10-15)28-21-20(17)22(26)25(12-23-21)11-16-9-14-5-3-4-6-18(14)27-16/h3-6,9,12-13,15,24H,7-8,10-11H2,1-2H3. The fraction of sp³-hybridized carbons (Fsp3) is 0.364. The van der Waals surface area contributed by atoms with E-state index in [2.05, 4.69) is 54.5 Å². The molecule has 0 fully saturated rings. The third-order valence-corrected chi connectivity index (χ3v) is 7.67. The van der Waals surface area contributed by atoms with Crippen molar-refractivity contribution in [1.29, 1.82) is 0 Å². The highest BCUT2D eigenvalue weighted by Crippen LogP contribution is 2.34. The van der Waals surface area contributed by atoms with Gasteiger partial charge in [0, 0.05) is 26.5 Å². The second-order valence-electron chi connectivity index (χ2n) is 7.87. The van der Waals surface area contributed by atoms with E-state index in [9.17, 15) is 4.79 Å². The molecule has 4 aromatic rings. The average molecular weight is 410 g/mol. The van der Waals surface area contributed by atoms with Crippen molar-refractivity contribution < 1.29 is 0 Å². The monoisotopic (exact) mass is 409 g/mol. The normalized spacial score (nSPS) is 16.9. The van der Waals surface area contributed by atoms with Gasteiger partial charge in [-0.05, 0) is 42.3 Å². The molecule has 0 amide bonds. The second kappa shape index (κ2) is 7.10. The Balaban J connectivity index is 1.50. The van der Waals surface area contributed by atoms with Crippen LogP contribution in [-0.4, -0.2) is 21.6 Å². The molecular formula is C22H23N3OS2. The van der Waals surface area contributed by atoms with Gasteiger partial charge in [-0.25, -0.2) is 4.98 Å². The van der Waals surface area contributed by atoms with Crippen molar-refractivity contribution in [2.45, 2.75) is 51.7 Å². The topological polar surface area (TPSA) is 46.9 Å². The Morgan fingerprint density at radius 1 is 1.29 bits per heavy atom. The van der Waals surface area contributed by atoms with E-state index in [0.717, 1.165) is 29.5 Å². The van der Waals surface area contributed by atoms with Crippen LogP contribution in [-0.2, 0) is 19.4 Å². The van der Waals surface area contributed by atoms with Gasteiger partial charge in [-0.3, -0.25) is 9.36 Å². The Morgan fingerprint density at radius 2 is 2.14 bits per heavy atom. The van der Waals surface area contributed by atoms with Crippen molar-refractivity contribution in [3.8, 4) is 0 Å². The van der Waals surface area contributed by atoms with Gasteiger partial charge in [0.05, 0.1) is 18.3 Å². The Bertz CT molecular complexity index is 1180. The van der Waals surface area contributed by atoms with E-state index in [4.69, 9.17) is 0 Å². The van der Waals surface area contributed by atoms with Gasteiger partial charge in [-0.2, -0.15) is 0 Å². The van der Waals surface area contributed by atoms with Crippen LogP contribution in [0.1, 0.15) is 35.6 Å². The molecule has 144 valence electrons. The summed E-state index contributed by atoms with van der Waals surface area (Å²) in [6, 6.07) is 11.5. The molecule has 4 nitrogen and oxygen atoms in total. The summed E-state index contributed by atoms with van der Waals surface area (Å²) >= 11 is 3.45. The largest absolute Gasteiger partial charge is 0.311 e. The zero-order valence-corrected chi connectivity index (χ0v) is 17.7. The minimum absolute atomic E-state index is 0.107. The molecule has 1 aliphatic rings. The summed E-state index contributed by atoms with van der Waals surface area (Å²) in [4.78, 5) is 21.3. The Morgan fingerprint density at radius 3 is 2.96 bits per heavy atom. The lowest BCUT2D eigenvalue weighted by Gasteiger charge is -2.25. The van der Waals surface area contributed by atoms with Crippen LogP contribution in [0.3, 0.4) is 0 Å². The first kappa shape index (κ1) is 18.0. The maximum absolute atomic E-state index is 13.3. The first-order chi connectivity index (χ1) is 13.6. The predicted molar refractivity (Wildman–Crippen MR) is 119 cm³/mol. The van der Waals surface area contributed by atoms with Crippen molar-refractivity contribution in [2.24, 2.45) is 0 Å². The molecule has 5 rings (SSSR count). The quantitative estimate of drug-likeness (QED) is 0.537. The lowest BCUT2D eigenvalue weighted by atomic mass is 9.92. The number of nitrogens with one attached hydrogen (secondary N) is 1. The van der Waals surface area contributed by atoms with Gasteiger partial charge in [0.1, 0.15) is 4.83 Å². The van der Waals surface area contributed by atoms with Crippen LogP contribution in [0.2, 0.25) is 0 Å². The summed E-state index contributed by atoms with van der Waals surface area (Å²) in [5.41, 5.74) is 1.35. The number of fused-ring (bicyclic) bond motifs is 4. The molecule has 1 atom stereocenters. The highest BCUT2D eigenvalue weighted by atomic mass is 32.1. The van der Waals surface area contributed by atoms with Crippen molar-refractivity contribution >= 4 is 43.0 Å². The van der Waals surface area contributed by atoms with E-state index in [1.807, 2.05) is 0 Å². The number of rotatable bonds is 4. The Labute approximate surface area is 171 Å². The molecule has 1 N–H and O–H groups in total. The van der Waals surface area contributed by atoms with Crippen LogP contribution in [0.15, 0.2) is 41.5 Å². The smallest absolute Gasteiger partial charge is 0.262 e. The van der Waals surface area contributed by atoms with Crippen molar-refractivity contribution in [2.75, 3.05) is 0 Å². The molecule has 0 spiro atoms. The van der Waals surface area contributed by atoms with E-state index in [-0.39, 0.29) is 5.56 Å². The number of aromatic nitrogens is 2. The van der Waals surface area contributed by atoms with E-state index >= 15 is 0 Å². The highest BCUT2D eigenvalue weighted by Gasteiger charge is 2.25. The summed E-state index contributed by atoms with van der Waals surface area (Å²) in [6.07, 6.45) is 4.77. The Kier molecular flexibility index (Phi) is 4.57. The third kappa shape index (κ3) is 3.19. The van der Waals surface area contributed by atoms with E-state index < -0.39 is 0 Å². The van der Waals surface area contributed by atoms with Crippen LogP contribution >= 0.6 is 22.7 Å². The molecule has 0 aliphatic heterocycles. The van der Waals surface area contributed by atoms with Crippen molar-refractivity contribution in [3.63, 3.8) is 0 Å². The van der Waals surface area contributed by atoms with Gasteiger partial charge >= 0.3 is 0 Å². The molecule has 0 radical (unpaired) electrons. The average Bonchev–Trinajstić information content (AvgIpc) is 3.23. The molecule has 6 heteroatoms. The summed E-state index contributed by atoms with van der Waals surface area (Å²) in [6.45, 7) is 4.96. The SMILES string of the molecule is CC(C)NC1CCc2c(sc3ncn(Cc4cc5ccccc5s4)c(=O)c23)C1. The number of hydrogen-bond donors (Lipinski definition) is 1. The van der Waals surface area contributed by atoms with E-state index in [0.29, 0.717) is 18.6 Å². The predicted octanol–water partition coefficient (Wildman–Crippen LogP) is 4.58. The lowest BCUT2D eigenvalue weighted by Crippen LogP contribution is -2.38. The first-order valence-corrected chi connectivity index (χ1v) is 11.4. The van der Waals surface area contributed by atoms with Crippen molar-refractivity contribution in [3.05, 3.63) is 62.3 Å². The molecule has 0 saturated carbocycles. The minimum Gasteiger partial charge on any atom is -0.311 e. The van der Waals surface area contributed by atoms with Crippen LogP contribution < -0.4 is 10.9 Å². The van der Waals surface area contributed by atoms with Gasteiger partial charge in [-0.15, -0.1) is 22.7 Å². The molecule has 1 unspecified atom stereocenters. The Hall–Kier alpha value is -2.02. The van der Waals surface area contributed by atoms with Crippen LogP contribution in [0.25, 0.3) is 20.3 Å². The lowest BCUT2D eigenvalue weighted by molar-refractivity contribution is 0.425. The molecular weight excluding hydrogens is 386 g/mol. The zero-order chi connectivity index (χ0) is 19.3. The van der Waals surface area contributed by atoms with Gasteiger partial charge in [0.25, 0.3) is 5.56 Å². The van der Waals surface area contributed by atoms with Gasteiger partial charge < -0.3 is 5.32 Å². The number of aryl methyl sites for hydroxylation is 1. The second-order valence-corrected chi connectivity index (χ2v) is 10.1. The number of thiophene rings is 2. The van der Waals surface area contributed by atoms with Crippen molar-refractivity contribution in [1.82, 2.24) is 14.9 Å². The van der Waals surface area contributed by atoms with Crippen LogP contribution in [0.4, 0.5) is 0 Å². The molecule has 1 aliphatic carbocycles. The summed E-state index contributed by atoms with van der Waals surface area (Å²) in [7, 11) is 0. The number of nitrogens with zero attached hydrogens (tertiary/aromatic N) is 2. The summed E-state index contributed by atoms with van der Waals surface area (Å²) in [5.74, 6) is 0. The molecule has 28 heavy (non-hydrogen) atoms. The van der Waals surface area contributed by atoms with E-state index in [1.54, 1.807) is 33.6 Å². The summed E-state index contributed by atoms with van der Waals surface area (Å²) < 4.78 is 3.04. The first-order valence-electron chi connectivity index (χ1n) is 9.81. The fourth-order valence-corrected chi connectivity index (χ4v) is 6.53. The van der Waals surface area contributed by atoms with E-state index in [1.165, 1.54) is 25.4 Å². The third-order valence-electron chi connectivity index (χ3n) is 5.41. The fourth-order valence-electron chi connectivity index (χ4n) is 4.21. The maximum atomic E-state index is 13.3. The zero-order valence-electron chi connectivity index (χ0n) is 16.1. The van der Waals surface area contributed by atoms with Crippen LogP contribution in [0, 0.1) is 0 Å². The molecule has 0 saturated heterocycles. The molecule has 3 aromatic heterocycles. The van der Waals surface area contributed by atoms with Crippen LogP contribution in [0.5, 0.6) is 0 Å². The van der Waals surface area contributed by atoms with Gasteiger partial charge in [0.15, 0.2) is 0 Å². The minimum atomic E-state index is 0.107. The van der Waals surface area contributed by atoms with Gasteiger partial charge in [-0.1, -0.05) is 32.0 Å². The number of hydrogen-bond acceptors (Lipinski definition) is 5. The maximum Gasteiger partial charge on any atom is 0.262 e. The highest BCUT2D eigenvalue weighted by molar-refractivity contribution is 7.19. The summed E-state index contributed by atoms with van der Waals surface area (Å²) in [5, 5.41) is 5.73. The van der Waals surface area contributed by atoms with Gasteiger partial charge in [0.2, 0.25) is 0 Å². The number of benzene rings is 1.